The molecule has 1 aromatic carbocycles. The van der Waals surface area contributed by atoms with Crippen molar-refractivity contribution in [3.63, 3.8) is 0 Å². The minimum atomic E-state index is -0.826. The largest absolute Gasteiger partial charge is 0.486 e. The van der Waals surface area contributed by atoms with Crippen LogP contribution in [0.25, 0.3) is 0 Å². The fraction of sp³-hybridized carbons (Fsp3) is 0.500. The first kappa shape index (κ1) is 14.9. The van der Waals surface area contributed by atoms with E-state index in [1.54, 1.807) is 26.0 Å². The fourth-order valence-electron chi connectivity index (χ4n) is 1.79. The van der Waals surface area contributed by atoms with Crippen LogP contribution in [0.4, 0.5) is 0 Å². The van der Waals surface area contributed by atoms with Crippen molar-refractivity contribution in [2.75, 3.05) is 13.2 Å². The number of nitriles is 1. The second kappa shape index (κ2) is 6.31. The first-order chi connectivity index (χ1) is 9.52. The number of fused-ring (bicyclic) bond motifs is 1. The molecule has 0 saturated heterocycles. The summed E-state index contributed by atoms with van der Waals surface area (Å²) in [6, 6.07) is 5.36. The molecule has 3 unspecified atom stereocenters. The van der Waals surface area contributed by atoms with E-state index in [1.165, 1.54) is 0 Å². The average Bonchev–Trinajstić information content (AvgIpc) is 2.44. The van der Waals surface area contributed by atoms with E-state index in [2.05, 4.69) is 0 Å². The van der Waals surface area contributed by atoms with Crippen LogP contribution >= 0.6 is 11.6 Å². The number of hydrogen-bond donors (Lipinski definition) is 1. The van der Waals surface area contributed by atoms with E-state index in [4.69, 9.17) is 25.8 Å². The maximum Gasteiger partial charge on any atom is 0.179 e. The Morgan fingerprint density at radius 2 is 2.05 bits per heavy atom. The van der Waals surface area contributed by atoms with E-state index < -0.39 is 18.3 Å². The van der Waals surface area contributed by atoms with E-state index in [1.807, 2.05) is 6.07 Å². The molecule has 0 aliphatic carbocycles. The second-order valence-electron chi connectivity index (χ2n) is 4.62. The molecule has 1 N–H and O–H groups in total. The van der Waals surface area contributed by atoms with Crippen molar-refractivity contribution in [3.8, 4) is 17.6 Å². The Labute approximate surface area is 122 Å². The summed E-state index contributed by atoms with van der Waals surface area (Å²) in [7, 11) is 0. The lowest BCUT2D eigenvalue weighted by Crippen LogP contribution is -2.24. The number of nitrogens with zero attached hydrogens (tertiary/aromatic N) is 1. The number of halogens is 1. The maximum atomic E-state index is 9.45. The highest BCUT2D eigenvalue weighted by Crippen LogP contribution is 2.40. The summed E-state index contributed by atoms with van der Waals surface area (Å²) in [5.74, 6) is 0.995. The van der Waals surface area contributed by atoms with Crippen LogP contribution in [-0.4, -0.2) is 30.5 Å². The molecule has 0 saturated carbocycles. The summed E-state index contributed by atoms with van der Waals surface area (Å²) in [5, 5.41) is 19.1. The molecule has 0 spiro atoms. The SMILES string of the molecule is CC(O)C(C)OC(C#N)c1cc(Cl)c2c(c1)OCCO2. The van der Waals surface area contributed by atoms with Gasteiger partial charge in [0, 0.05) is 5.56 Å². The number of hydrogen-bond acceptors (Lipinski definition) is 5. The van der Waals surface area contributed by atoms with Crippen LogP contribution in [0, 0.1) is 11.3 Å². The van der Waals surface area contributed by atoms with E-state index in [9.17, 15) is 10.4 Å². The molecule has 108 valence electrons. The third-order valence-corrected chi connectivity index (χ3v) is 3.35. The van der Waals surface area contributed by atoms with Gasteiger partial charge in [0.25, 0.3) is 0 Å². The van der Waals surface area contributed by atoms with Crippen molar-refractivity contribution in [3.05, 3.63) is 22.7 Å². The molecule has 0 amide bonds. The van der Waals surface area contributed by atoms with Gasteiger partial charge in [0.2, 0.25) is 0 Å². The third kappa shape index (κ3) is 3.15. The molecule has 0 aromatic heterocycles. The smallest absolute Gasteiger partial charge is 0.179 e. The molecule has 6 heteroatoms. The summed E-state index contributed by atoms with van der Waals surface area (Å²) in [5.41, 5.74) is 0.578. The van der Waals surface area contributed by atoms with Gasteiger partial charge in [-0.15, -0.1) is 0 Å². The van der Waals surface area contributed by atoms with Crippen molar-refractivity contribution in [1.29, 1.82) is 5.26 Å². The lowest BCUT2D eigenvalue weighted by atomic mass is 10.1. The Balaban J connectivity index is 2.27. The molecule has 0 bridgehead atoms. The van der Waals surface area contributed by atoms with Gasteiger partial charge in [-0.1, -0.05) is 11.6 Å². The van der Waals surface area contributed by atoms with Crippen LogP contribution in [0.2, 0.25) is 5.02 Å². The second-order valence-corrected chi connectivity index (χ2v) is 5.03. The summed E-state index contributed by atoms with van der Waals surface area (Å²) in [4.78, 5) is 0. The van der Waals surface area contributed by atoms with Crippen LogP contribution in [0.15, 0.2) is 12.1 Å². The number of aliphatic hydroxyl groups excluding tert-OH is 1. The van der Waals surface area contributed by atoms with Crippen LogP contribution in [0.1, 0.15) is 25.5 Å². The van der Waals surface area contributed by atoms with Gasteiger partial charge in [0.1, 0.15) is 13.2 Å². The molecule has 1 aromatic rings. The summed E-state index contributed by atoms with van der Waals surface area (Å²) < 4.78 is 16.4. The van der Waals surface area contributed by atoms with Crippen molar-refractivity contribution in [2.45, 2.75) is 32.2 Å². The minimum absolute atomic E-state index is 0.380. The lowest BCUT2D eigenvalue weighted by molar-refractivity contribution is -0.0427. The Morgan fingerprint density at radius 1 is 1.35 bits per heavy atom. The molecule has 0 fully saturated rings. The quantitative estimate of drug-likeness (QED) is 0.924. The number of aliphatic hydroxyl groups is 1. The van der Waals surface area contributed by atoms with Crippen molar-refractivity contribution in [2.24, 2.45) is 0 Å². The highest BCUT2D eigenvalue weighted by molar-refractivity contribution is 6.32. The molecule has 1 aliphatic rings. The molecule has 20 heavy (non-hydrogen) atoms. The average molecular weight is 298 g/mol. The highest BCUT2D eigenvalue weighted by atomic mass is 35.5. The van der Waals surface area contributed by atoms with E-state index in [-0.39, 0.29) is 0 Å². The Morgan fingerprint density at radius 3 is 2.70 bits per heavy atom. The number of ether oxygens (including phenoxy) is 3. The van der Waals surface area contributed by atoms with Gasteiger partial charge >= 0.3 is 0 Å². The summed E-state index contributed by atoms with van der Waals surface area (Å²) in [6.45, 7) is 4.20. The molecule has 1 heterocycles. The van der Waals surface area contributed by atoms with Gasteiger partial charge in [-0.25, -0.2) is 0 Å². The van der Waals surface area contributed by atoms with Gasteiger partial charge in [0.05, 0.1) is 23.3 Å². The Kier molecular flexibility index (Phi) is 4.71. The highest BCUT2D eigenvalue weighted by Gasteiger charge is 2.23. The molecule has 0 radical (unpaired) electrons. The van der Waals surface area contributed by atoms with Gasteiger partial charge in [-0.2, -0.15) is 5.26 Å². The molecule has 5 nitrogen and oxygen atoms in total. The Hall–Kier alpha value is -1.48. The van der Waals surface area contributed by atoms with Gasteiger partial charge < -0.3 is 19.3 Å². The number of rotatable bonds is 4. The summed E-state index contributed by atoms with van der Waals surface area (Å²) in [6.07, 6.45) is -1.96. The van der Waals surface area contributed by atoms with E-state index in [0.717, 1.165) is 0 Å². The molecule has 2 rings (SSSR count). The standard InChI is InChI=1S/C14H16ClNO4/c1-8(17)9(2)20-13(7-16)10-5-11(15)14-12(6-10)18-3-4-19-14/h5-6,8-9,13,17H,3-4H2,1-2H3. The van der Waals surface area contributed by atoms with Crippen molar-refractivity contribution >= 4 is 11.6 Å². The van der Waals surface area contributed by atoms with E-state index in [0.29, 0.717) is 35.3 Å². The summed E-state index contributed by atoms with van der Waals surface area (Å²) >= 11 is 6.13. The van der Waals surface area contributed by atoms with Crippen LogP contribution < -0.4 is 9.47 Å². The third-order valence-electron chi connectivity index (χ3n) is 3.07. The lowest BCUT2D eigenvalue weighted by Gasteiger charge is -2.23. The zero-order valence-corrected chi connectivity index (χ0v) is 12.1. The normalized spacial score (nSPS) is 17.9. The molecular formula is C14H16ClNO4. The Bertz CT molecular complexity index is 527. The maximum absolute atomic E-state index is 9.45. The first-order valence-corrected chi connectivity index (χ1v) is 6.73. The van der Waals surface area contributed by atoms with Crippen LogP contribution in [-0.2, 0) is 4.74 Å². The van der Waals surface area contributed by atoms with Gasteiger partial charge in [-0.3, -0.25) is 0 Å². The van der Waals surface area contributed by atoms with Crippen molar-refractivity contribution < 1.29 is 19.3 Å². The van der Waals surface area contributed by atoms with Crippen LogP contribution in [0.3, 0.4) is 0 Å². The number of benzene rings is 1. The zero-order valence-electron chi connectivity index (χ0n) is 11.3. The minimum Gasteiger partial charge on any atom is -0.486 e. The fourth-order valence-corrected chi connectivity index (χ4v) is 2.07. The molecular weight excluding hydrogens is 282 g/mol. The zero-order chi connectivity index (χ0) is 14.7. The predicted molar refractivity (Wildman–Crippen MR) is 73.0 cm³/mol. The van der Waals surface area contributed by atoms with E-state index >= 15 is 0 Å². The monoisotopic (exact) mass is 297 g/mol. The van der Waals surface area contributed by atoms with Gasteiger partial charge in [-0.05, 0) is 26.0 Å². The molecule has 3 atom stereocenters. The predicted octanol–water partition coefficient (Wildman–Crippen LogP) is 2.46. The van der Waals surface area contributed by atoms with Crippen LogP contribution in [0.5, 0.6) is 11.5 Å². The first-order valence-electron chi connectivity index (χ1n) is 6.35. The molecule has 1 aliphatic heterocycles. The van der Waals surface area contributed by atoms with Gasteiger partial charge in [0.15, 0.2) is 17.6 Å². The topological polar surface area (TPSA) is 71.7 Å². The van der Waals surface area contributed by atoms with Crippen molar-refractivity contribution in [1.82, 2.24) is 0 Å².